The van der Waals surface area contributed by atoms with Gasteiger partial charge in [-0.15, -0.1) is 0 Å². The van der Waals surface area contributed by atoms with E-state index in [9.17, 15) is 15.5 Å². The van der Waals surface area contributed by atoms with Gasteiger partial charge >= 0.3 is 0 Å². The molecule has 1 aliphatic rings. The SMILES string of the molecule is [O-][N+]([O-])=C1C=CC(=C(O)C[P+](c2ccccc2)(c2ccccc2)c2ccccc2)C=C1. The average Bonchev–Trinajstić information content (AvgIpc) is 2.84. The molecule has 0 fully saturated rings. The number of hydrogen-bond donors (Lipinski definition) is 1. The highest BCUT2D eigenvalue weighted by Crippen LogP contribution is 2.56. The van der Waals surface area contributed by atoms with Gasteiger partial charge < -0.3 is 15.5 Å². The second kappa shape index (κ2) is 9.03. The lowest BCUT2D eigenvalue weighted by Crippen LogP contribution is -2.34. The average molecular weight is 427 g/mol. The first-order chi connectivity index (χ1) is 15.1. The molecular weight excluding hydrogens is 405 g/mol. The van der Waals surface area contributed by atoms with E-state index in [1.165, 1.54) is 28.1 Å². The molecule has 0 aromatic heterocycles. The Morgan fingerprint density at radius 1 is 0.645 bits per heavy atom. The molecule has 31 heavy (non-hydrogen) atoms. The molecule has 3 aromatic rings. The van der Waals surface area contributed by atoms with Crippen LogP contribution in [0.15, 0.2) is 127 Å². The van der Waals surface area contributed by atoms with Crippen LogP contribution in [-0.4, -0.2) is 21.9 Å². The fourth-order valence-corrected chi connectivity index (χ4v) is 7.98. The molecule has 0 aliphatic heterocycles. The summed E-state index contributed by atoms with van der Waals surface area (Å²) in [6.07, 6.45) is 6.51. The quantitative estimate of drug-likeness (QED) is 0.285. The van der Waals surface area contributed by atoms with Gasteiger partial charge in [0.15, 0.2) is 0 Å². The Labute approximate surface area is 182 Å². The lowest BCUT2D eigenvalue weighted by atomic mass is 10.1. The summed E-state index contributed by atoms with van der Waals surface area (Å²) in [4.78, 5) is -0.434. The number of hydrogen-bond acceptors (Lipinski definition) is 3. The number of nitrogens with zero attached hydrogens (tertiary/aromatic N) is 1. The number of aliphatic hydroxyl groups is 1. The predicted molar refractivity (Wildman–Crippen MR) is 130 cm³/mol. The number of benzene rings is 3. The zero-order valence-electron chi connectivity index (χ0n) is 16.8. The highest BCUT2D eigenvalue weighted by Gasteiger charge is 2.46. The smallest absolute Gasteiger partial charge is 0.222 e. The van der Waals surface area contributed by atoms with Crippen molar-refractivity contribution >= 4 is 28.9 Å². The number of rotatable bonds is 5. The Balaban J connectivity index is 1.91. The minimum Gasteiger partial charge on any atom is -0.612 e. The number of allylic oxidation sites excluding steroid dienone is 6. The first kappa shape index (κ1) is 20.6. The first-order valence-electron chi connectivity index (χ1n) is 9.96. The molecule has 4 rings (SSSR count). The van der Waals surface area contributed by atoms with Crippen LogP contribution in [0.1, 0.15) is 0 Å². The summed E-state index contributed by atoms with van der Waals surface area (Å²) in [6, 6.07) is 30.9. The lowest BCUT2D eigenvalue weighted by molar-refractivity contribution is -0.377. The molecule has 3 aromatic carbocycles. The molecule has 0 saturated heterocycles. The van der Waals surface area contributed by atoms with Crippen LogP contribution in [0, 0.1) is 10.4 Å². The Morgan fingerprint density at radius 3 is 1.39 bits per heavy atom. The van der Waals surface area contributed by atoms with Crippen LogP contribution in [0.5, 0.6) is 0 Å². The van der Waals surface area contributed by atoms with Crippen molar-refractivity contribution in [1.29, 1.82) is 0 Å². The van der Waals surface area contributed by atoms with Crippen molar-refractivity contribution in [3.05, 3.63) is 137 Å². The standard InChI is InChI=1S/C26H22NO3P/c28-26(21-16-18-22(19-17-21)27(29)30)20-31(23-10-4-1-5-11-23,24-12-6-2-7-13-24)25-14-8-3-9-15-25/h1-19H,20H2,(H-,28,29,30). The highest BCUT2D eigenvalue weighted by atomic mass is 31.2. The molecule has 0 bridgehead atoms. The van der Waals surface area contributed by atoms with Crippen molar-refractivity contribution in [2.75, 3.05) is 6.16 Å². The van der Waals surface area contributed by atoms with E-state index in [4.69, 9.17) is 0 Å². The maximum atomic E-state index is 11.2. The first-order valence-corrected chi connectivity index (χ1v) is 11.9. The molecule has 0 spiro atoms. The molecule has 0 heterocycles. The summed E-state index contributed by atoms with van der Waals surface area (Å²) in [5, 5.41) is 36.8. The van der Waals surface area contributed by atoms with Crippen molar-refractivity contribution in [2.24, 2.45) is 0 Å². The van der Waals surface area contributed by atoms with Gasteiger partial charge in [0, 0.05) is 17.7 Å². The fourth-order valence-electron chi connectivity index (χ4n) is 3.86. The summed E-state index contributed by atoms with van der Waals surface area (Å²) < 4.78 is 0. The van der Waals surface area contributed by atoms with Crippen molar-refractivity contribution < 1.29 is 10.0 Å². The Kier molecular flexibility index (Phi) is 6.01. The van der Waals surface area contributed by atoms with Gasteiger partial charge in [-0.05, 0) is 48.6 Å². The Hall–Kier alpha value is -3.62. The van der Waals surface area contributed by atoms with Gasteiger partial charge in [-0.25, -0.2) is 0 Å². The summed E-state index contributed by atoms with van der Waals surface area (Å²) >= 11 is 0. The van der Waals surface area contributed by atoms with E-state index >= 15 is 0 Å². The van der Waals surface area contributed by atoms with Crippen molar-refractivity contribution in [3.63, 3.8) is 0 Å². The molecule has 0 amide bonds. The van der Waals surface area contributed by atoms with E-state index in [-0.39, 0.29) is 11.5 Å². The molecule has 5 heteroatoms. The van der Waals surface area contributed by atoms with Crippen LogP contribution in [0.4, 0.5) is 0 Å². The van der Waals surface area contributed by atoms with Gasteiger partial charge in [0.05, 0.1) is 0 Å². The third kappa shape index (κ3) is 4.16. The van der Waals surface area contributed by atoms with Crippen LogP contribution in [0.3, 0.4) is 0 Å². The third-order valence-electron chi connectivity index (χ3n) is 5.39. The normalized spacial score (nSPS) is 13.3. The minimum atomic E-state index is -2.23. The predicted octanol–water partition coefficient (Wildman–Crippen LogP) is 4.37. The highest BCUT2D eigenvalue weighted by molar-refractivity contribution is 7.95. The molecule has 0 saturated carbocycles. The fraction of sp³-hybridized carbons (Fsp3) is 0.0385. The van der Waals surface area contributed by atoms with E-state index in [2.05, 4.69) is 36.4 Å². The van der Waals surface area contributed by atoms with Crippen LogP contribution >= 0.6 is 7.26 Å². The topological polar surface area (TPSA) is 69.4 Å². The van der Waals surface area contributed by atoms with Crippen molar-refractivity contribution in [1.82, 2.24) is 0 Å². The van der Waals surface area contributed by atoms with Crippen LogP contribution < -0.4 is 15.9 Å². The van der Waals surface area contributed by atoms with Gasteiger partial charge in [0.1, 0.15) is 35.1 Å². The van der Waals surface area contributed by atoms with Crippen molar-refractivity contribution in [3.8, 4) is 0 Å². The molecular formula is C26H22NO3P. The van der Waals surface area contributed by atoms with E-state index in [1.807, 2.05) is 54.6 Å². The van der Waals surface area contributed by atoms with E-state index in [1.54, 1.807) is 12.2 Å². The van der Waals surface area contributed by atoms with Crippen LogP contribution in [-0.2, 0) is 0 Å². The van der Waals surface area contributed by atoms with Gasteiger partial charge in [-0.3, -0.25) is 0 Å². The molecule has 0 unspecified atom stereocenters. The Morgan fingerprint density at radius 2 is 1.03 bits per heavy atom. The van der Waals surface area contributed by atoms with Crippen LogP contribution in [0.2, 0.25) is 0 Å². The molecule has 0 atom stereocenters. The second-order valence-electron chi connectivity index (χ2n) is 7.23. The molecule has 4 nitrogen and oxygen atoms in total. The van der Waals surface area contributed by atoms with E-state index in [0.717, 1.165) is 0 Å². The second-order valence-corrected chi connectivity index (χ2v) is 10.7. The van der Waals surface area contributed by atoms with Gasteiger partial charge in [0.25, 0.3) is 0 Å². The zero-order chi connectivity index (χ0) is 21.7. The minimum absolute atomic E-state index is 0.00628. The zero-order valence-corrected chi connectivity index (χ0v) is 17.7. The van der Waals surface area contributed by atoms with Gasteiger partial charge in [0.2, 0.25) is 5.71 Å². The Bertz CT molecular complexity index is 1050. The monoisotopic (exact) mass is 427 g/mol. The summed E-state index contributed by atoms with van der Waals surface area (Å²) in [6.45, 7) is 0. The van der Waals surface area contributed by atoms with E-state index in [0.29, 0.717) is 11.7 Å². The number of aliphatic hydroxyl groups excluding tert-OH is 1. The third-order valence-corrected chi connectivity index (χ3v) is 9.70. The van der Waals surface area contributed by atoms with E-state index < -0.39 is 12.2 Å². The maximum Gasteiger partial charge on any atom is 0.222 e. The largest absolute Gasteiger partial charge is 0.612 e. The van der Waals surface area contributed by atoms with Gasteiger partial charge in [-0.2, -0.15) is 4.90 Å². The summed E-state index contributed by atoms with van der Waals surface area (Å²) in [7, 11) is -2.23. The maximum absolute atomic E-state index is 11.2. The molecule has 1 N–H and O–H groups in total. The molecule has 1 aliphatic carbocycles. The molecule has 154 valence electrons. The lowest BCUT2D eigenvalue weighted by Gasteiger charge is -2.27. The summed E-state index contributed by atoms with van der Waals surface area (Å²) in [5.41, 5.74) is 0.601. The van der Waals surface area contributed by atoms with Crippen molar-refractivity contribution in [2.45, 2.75) is 0 Å². The molecule has 0 radical (unpaired) electrons. The van der Waals surface area contributed by atoms with Crippen LogP contribution in [0.25, 0.3) is 0 Å². The van der Waals surface area contributed by atoms with Gasteiger partial charge in [-0.1, -0.05) is 54.6 Å². The summed E-state index contributed by atoms with van der Waals surface area (Å²) in [5.74, 6) is 0.222.